The number of carbonyl (C=O) groups is 3. The van der Waals surface area contributed by atoms with E-state index < -0.39 is 24.3 Å². The number of rotatable bonds is 57. The predicted molar refractivity (Wildman–Crippen MR) is 318 cm³/mol. The molecule has 2 atom stereocenters. The average molecular weight is 1050 g/mol. The van der Waals surface area contributed by atoms with Gasteiger partial charge in [-0.15, -0.1) is 0 Å². The lowest BCUT2D eigenvalue weighted by atomic mass is 10.0. The second kappa shape index (κ2) is 56.9. The van der Waals surface area contributed by atoms with Crippen molar-refractivity contribution in [3.63, 3.8) is 0 Å². The van der Waals surface area contributed by atoms with Gasteiger partial charge < -0.3 is 28.5 Å². The average Bonchev–Trinajstić information content (AvgIpc) is 3.38. The summed E-state index contributed by atoms with van der Waals surface area (Å²) < 4.78 is 22.9. The summed E-state index contributed by atoms with van der Waals surface area (Å²) >= 11 is 0. The fourth-order valence-corrected chi connectivity index (χ4v) is 8.68. The van der Waals surface area contributed by atoms with Gasteiger partial charge in [0.15, 0.2) is 6.10 Å². The number of ether oxygens (including phenoxy) is 4. The quantitative estimate of drug-likeness (QED) is 0.0211. The normalized spacial score (nSPS) is 13.2. The van der Waals surface area contributed by atoms with E-state index in [1.165, 1.54) is 161 Å². The highest BCUT2D eigenvalue weighted by Crippen LogP contribution is 2.17. The first-order valence-corrected chi connectivity index (χ1v) is 31.1. The molecule has 9 nitrogen and oxygen atoms in total. The number of carboxylic acid groups (broad SMARTS) is 1. The number of likely N-dealkylation sites (N-methyl/N-ethyl adjacent to an activating group) is 1. The van der Waals surface area contributed by atoms with Crippen LogP contribution in [0.15, 0.2) is 72.9 Å². The van der Waals surface area contributed by atoms with E-state index in [0.29, 0.717) is 17.4 Å². The zero-order valence-electron chi connectivity index (χ0n) is 49.4. The summed E-state index contributed by atoms with van der Waals surface area (Å²) in [6, 6.07) is 0. The first kappa shape index (κ1) is 71.7. The number of unbranched alkanes of at least 4 members (excludes halogenated alkanes) is 30. The Labute approximate surface area is 462 Å². The zero-order chi connectivity index (χ0) is 54.8. The molecule has 0 heterocycles. The molecule has 0 bridgehead atoms. The molecule has 0 aromatic rings. The van der Waals surface area contributed by atoms with Crippen molar-refractivity contribution in [1.29, 1.82) is 0 Å². The van der Waals surface area contributed by atoms with Crippen LogP contribution >= 0.6 is 0 Å². The van der Waals surface area contributed by atoms with E-state index >= 15 is 0 Å². The van der Waals surface area contributed by atoms with Crippen LogP contribution in [-0.2, 0) is 33.3 Å². The van der Waals surface area contributed by atoms with Crippen LogP contribution in [0.3, 0.4) is 0 Å². The van der Waals surface area contributed by atoms with Crippen molar-refractivity contribution in [2.45, 2.75) is 283 Å². The Morgan fingerprint density at radius 2 is 0.760 bits per heavy atom. The Morgan fingerprint density at radius 3 is 1.13 bits per heavy atom. The van der Waals surface area contributed by atoms with Crippen molar-refractivity contribution >= 4 is 17.9 Å². The molecule has 0 spiro atoms. The standard InChI is InChI=1S/C66H117NO8/c1-6-8-10-12-14-16-18-20-22-24-25-26-27-28-29-30-31-32-33-34-35-36-37-38-39-41-43-45-47-49-51-53-55-57-64(69)75-62(61-74-66(65(70)71)72-59-58-67(3,4)5)60-73-63(68)56-54-52-50-48-46-44-42-40-23-21-19-17-15-13-11-9-7-2/h8,10,14-17,20-23,25-26,62,66H,6-7,9,11-13,18-19,24,27-61H2,1-5H3/p+1/b10-8-,16-14-,17-15-,22-20-,23-21-,26-25-. The second-order valence-electron chi connectivity index (χ2n) is 22.0. The predicted octanol–water partition coefficient (Wildman–Crippen LogP) is 18.6. The maximum atomic E-state index is 12.9. The minimum atomic E-state index is -1.51. The van der Waals surface area contributed by atoms with Gasteiger partial charge in [0.25, 0.3) is 6.29 Å². The molecule has 0 aliphatic heterocycles. The summed E-state index contributed by atoms with van der Waals surface area (Å²) in [6.07, 6.45) is 71.4. The van der Waals surface area contributed by atoms with E-state index in [0.717, 1.165) is 83.5 Å². The molecular weight excluding hydrogens is 935 g/mol. The Bertz CT molecular complexity index is 1460. The van der Waals surface area contributed by atoms with Gasteiger partial charge in [0, 0.05) is 12.8 Å². The minimum absolute atomic E-state index is 0.185. The SMILES string of the molecule is CC/C=C\C/C=C\C/C=C\C/C=C\CCCCCCCCCCCCCCCCCCCCCCC(=O)OC(COC(=O)CCCCCCCCC/C=C\C/C=C\CCCCC)COC(OCC[N+](C)(C)C)C(=O)O. The molecular formula is C66H118NO8+. The van der Waals surface area contributed by atoms with E-state index in [9.17, 15) is 19.5 Å². The fourth-order valence-electron chi connectivity index (χ4n) is 8.68. The van der Waals surface area contributed by atoms with Crippen LogP contribution in [0.25, 0.3) is 0 Å². The Morgan fingerprint density at radius 1 is 0.413 bits per heavy atom. The molecule has 0 saturated carbocycles. The number of nitrogens with zero attached hydrogens (tertiary/aromatic N) is 1. The van der Waals surface area contributed by atoms with Gasteiger partial charge in [-0.25, -0.2) is 4.79 Å². The van der Waals surface area contributed by atoms with Crippen molar-refractivity contribution in [2.24, 2.45) is 0 Å². The largest absolute Gasteiger partial charge is 0.477 e. The van der Waals surface area contributed by atoms with Gasteiger partial charge in [0.05, 0.1) is 34.4 Å². The van der Waals surface area contributed by atoms with Gasteiger partial charge in [-0.05, 0) is 83.5 Å². The smallest absolute Gasteiger partial charge is 0.361 e. The summed E-state index contributed by atoms with van der Waals surface area (Å²) in [4.78, 5) is 37.5. The third kappa shape index (κ3) is 58.3. The van der Waals surface area contributed by atoms with Gasteiger partial charge in [-0.2, -0.15) is 0 Å². The maximum absolute atomic E-state index is 12.9. The Kier molecular flexibility index (Phi) is 54.4. The van der Waals surface area contributed by atoms with E-state index in [4.69, 9.17) is 18.9 Å². The van der Waals surface area contributed by atoms with Crippen LogP contribution in [0.5, 0.6) is 0 Å². The summed E-state index contributed by atoms with van der Waals surface area (Å²) in [5, 5.41) is 9.71. The Hall–Kier alpha value is -3.27. The van der Waals surface area contributed by atoms with Crippen LogP contribution in [-0.4, -0.2) is 87.4 Å². The van der Waals surface area contributed by atoms with Crippen molar-refractivity contribution in [3.05, 3.63) is 72.9 Å². The number of hydrogen-bond donors (Lipinski definition) is 1. The molecule has 2 unspecified atom stereocenters. The molecule has 0 rings (SSSR count). The molecule has 0 fully saturated rings. The van der Waals surface area contributed by atoms with Gasteiger partial charge in [0.2, 0.25) is 0 Å². The van der Waals surface area contributed by atoms with Crippen molar-refractivity contribution in [1.82, 2.24) is 0 Å². The van der Waals surface area contributed by atoms with Crippen LogP contribution in [0.1, 0.15) is 271 Å². The van der Waals surface area contributed by atoms with Crippen LogP contribution in [0.4, 0.5) is 0 Å². The number of quaternary nitrogens is 1. The number of hydrogen-bond acceptors (Lipinski definition) is 7. The molecule has 0 saturated heterocycles. The van der Waals surface area contributed by atoms with Gasteiger partial charge in [0.1, 0.15) is 13.2 Å². The number of carbonyl (C=O) groups excluding carboxylic acids is 2. The number of aliphatic carboxylic acids is 1. The van der Waals surface area contributed by atoms with Crippen LogP contribution in [0, 0.1) is 0 Å². The molecule has 1 N–H and O–H groups in total. The first-order chi connectivity index (χ1) is 36.6. The fraction of sp³-hybridized carbons (Fsp3) is 0.773. The van der Waals surface area contributed by atoms with Crippen molar-refractivity contribution in [2.75, 3.05) is 47.5 Å². The maximum Gasteiger partial charge on any atom is 0.361 e. The first-order valence-electron chi connectivity index (χ1n) is 31.1. The number of esters is 2. The molecule has 0 aromatic heterocycles. The zero-order valence-corrected chi connectivity index (χ0v) is 49.4. The van der Waals surface area contributed by atoms with Crippen LogP contribution in [0.2, 0.25) is 0 Å². The highest BCUT2D eigenvalue weighted by atomic mass is 16.7. The lowest BCUT2D eigenvalue weighted by molar-refractivity contribution is -0.870. The van der Waals surface area contributed by atoms with E-state index in [1.54, 1.807) is 0 Å². The van der Waals surface area contributed by atoms with Gasteiger partial charge in [-0.1, -0.05) is 247 Å². The van der Waals surface area contributed by atoms with E-state index in [1.807, 2.05) is 21.1 Å². The Balaban J connectivity index is 4.10. The van der Waals surface area contributed by atoms with E-state index in [-0.39, 0.29) is 32.2 Å². The molecule has 9 heteroatoms. The molecule has 0 amide bonds. The van der Waals surface area contributed by atoms with E-state index in [2.05, 4.69) is 86.8 Å². The van der Waals surface area contributed by atoms with Crippen molar-refractivity contribution in [3.8, 4) is 0 Å². The highest BCUT2D eigenvalue weighted by molar-refractivity contribution is 5.71. The summed E-state index contributed by atoms with van der Waals surface area (Å²) in [6.45, 7) is 4.75. The third-order valence-corrected chi connectivity index (χ3v) is 13.4. The molecule has 75 heavy (non-hydrogen) atoms. The number of carboxylic acids is 1. The van der Waals surface area contributed by atoms with Gasteiger partial charge in [-0.3, -0.25) is 9.59 Å². The lowest BCUT2D eigenvalue weighted by Gasteiger charge is -2.25. The minimum Gasteiger partial charge on any atom is -0.477 e. The highest BCUT2D eigenvalue weighted by Gasteiger charge is 2.25. The molecule has 0 radical (unpaired) electrons. The topological polar surface area (TPSA) is 108 Å². The third-order valence-electron chi connectivity index (χ3n) is 13.4. The summed E-state index contributed by atoms with van der Waals surface area (Å²) in [5.41, 5.74) is 0. The van der Waals surface area contributed by atoms with Crippen LogP contribution < -0.4 is 0 Å². The number of allylic oxidation sites excluding steroid dienone is 12. The molecule has 0 aromatic carbocycles. The molecule has 434 valence electrons. The van der Waals surface area contributed by atoms with Crippen molar-refractivity contribution < 1.29 is 42.9 Å². The summed E-state index contributed by atoms with van der Waals surface area (Å²) in [5.74, 6) is -2.01. The summed E-state index contributed by atoms with van der Waals surface area (Å²) in [7, 11) is 5.97. The second-order valence-corrected chi connectivity index (χ2v) is 22.0. The molecule has 0 aliphatic rings. The monoisotopic (exact) mass is 1050 g/mol. The lowest BCUT2D eigenvalue weighted by Crippen LogP contribution is -2.40. The molecule has 0 aliphatic carbocycles. The van der Waals surface area contributed by atoms with Gasteiger partial charge >= 0.3 is 17.9 Å².